The number of carboxylic acids is 1. The molecule has 0 radical (unpaired) electrons. The highest BCUT2D eigenvalue weighted by Crippen LogP contribution is 2.34. The molecule has 3 N–H and O–H groups in total. The van der Waals surface area contributed by atoms with Crippen LogP contribution in [0.2, 0.25) is 0 Å². The van der Waals surface area contributed by atoms with Crippen molar-refractivity contribution in [2.45, 2.75) is 70.4 Å². The van der Waals surface area contributed by atoms with E-state index in [1.807, 2.05) is 42.5 Å². The zero-order valence-electron chi connectivity index (χ0n) is 41.3. The molecule has 0 unspecified atom stereocenters. The van der Waals surface area contributed by atoms with Gasteiger partial charge in [0.2, 0.25) is 17.3 Å². The molecule has 0 saturated carbocycles. The summed E-state index contributed by atoms with van der Waals surface area (Å²) in [7, 11) is 0. The van der Waals surface area contributed by atoms with Gasteiger partial charge in [-0.1, -0.05) is 78.9 Å². The van der Waals surface area contributed by atoms with E-state index in [2.05, 4.69) is 15.0 Å². The van der Waals surface area contributed by atoms with Crippen LogP contribution in [-0.2, 0) is 52.8 Å². The number of hydrogen-bond acceptors (Lipinski definition) is 11. The van der Waals surface area contributed by atoms with Crippen LogP contribution in [0.5, 0.6) is 11.5 Å². The molecule has 0 spiro atoms. The number of likely N-dealkylation sites (tertiary alicyclic amines) is 1. The van der Waals surface area contributed by atoms with Crippen molar-refractivity contribution in [3.8, 4) is 11.5 Å². The Balaban J connectivity index is 0.000000182. The number of hydrogen-bond donors (Lipinski definition) is 3. The van der Waals surface area contributed by atoms with Crippen LogP contribution in [-0.4, -0.2) is 95.8 Å². The normalized spacial score (nSPS) is 13.7. The Morgan fingerprint density at radius 1 is 0.573 bits per heavy atom. The van der Waals surface area contributed by atoms with Gasteiger partial charge in [0.05, 0.1) is 12.6 Å². The number of carbonyl (C=O) groups excluding carboxylic acids is 5. The molecule has 0 aliphatic carbocycles. The maximum atomic E-state index is 13.4. The Hall–Kier alpha value is -7.95. The standard InChI is InChI=1S/C29H31FN2O5.C16H15FO3.C14H11FO3/c30-23-8-6-20-15-19(3-5-21(20)16-23)4-9-25(33)29(35)31-24(18-32-11-1-2-12-32)28(34)22-7-10-26-27(17-22)37-14-13-36-26;1-2-20-16(19)15(18)8-4-11-3-5-13-10-14(17)7-6-12(13)9-11;15-12-5-4-10-7-9(1-3-11(10)8-12)2-6-13(16)14(17)18/h3,5-8,10,15-17,24,28,34H,1-2,4,9,11-14,18H2,(H,31,35);3,5-7,9-10H,2,4,8H2,1H3;1,3-5,7-8H,2,6H2,(H,17,18)/t24-,28-;;/m1../s1. The minimum absolute atomic E-state index is 0.0258. The summed E-state index contributed by atoms with van der Waals surface area (Å²) < 4.78 is 55.3. The minimum atomic E-state index is -1.40. The van der Waals surface area contributed by atoms with E-state index in [1.54, 1.807) is 55.5 Å². The number of carboxylic acid groups (broad SMARTS) is 1. The average molecular weight is 1030 g/mol. The first-order valence-corrected chi connectivity index (χ1v) is 24.8. The topological polar surface area (TPSA) is 186 Å². The van der Waals surface area contributed by atoms with Gasteiger partial charge in [0, 0.05) is 25.8 Å². The molecule has 7 aromatic carbocycles. The van der Waals surface area contributed by atoms with Crippen molar-refractivity contribution in [1.29, 1.82) is 0 Å². The molecule has 1 amide bonds. The number of rotatable bonds is 18. The van der Waals surface area contributed by atoms with E-state index >= 15 is 0 Å². The number of aliphatic hydroxyl groups excluding tert-OH is 1. The van der Waals surface area contributed by atoms with Gasteiger partial charge in [0.1, 0.15) is 36.8 Å². The molecule has 1 saturated heterocycles. The Morgan fingerprint density at radius 2 is 1.01 bits per heavy atom. The Morgan fingerprint density at radius 3 is 1.49 bits per heavy atom. The first-order chi connectivity index (χ1) is 36.1. The number of halogens is 3. The lowest BCUT2D eigenvalue weighted by Gasteiger charge is -2.29. The molecule has 2 heterocycles. The number of carbonyl (C=O) groups is 6. The number of ether oxygens (including phenoxy) is 3. The molecule has 390 valence electrons. The molecular weight excluding hydrogens is 970 g/mol. The highest BCUT2D eigenvalue weighted by molar-refractivity contribution is 6.36. The summed E-state index contributed by atoms with van der Waals surface area (Å²) in [5, 5.41) is 27.5. The van der Waals surface area contributed by atoms with Crippen molar-refractivity contribution in [3.63, 3.8) is 0 Å². The molecule has 16 heteroatoms. The number of fused-ring (bicyclic) bond motifs is 4. The fraction of sp³-hybridized carbons (Fsp3) is 0.288. The third-order valence-electron chi connectivity index (χ3n) is 12.8. The fourth-order valence-electron chi connectivity index (χ4n) is 8.77. The number of amides is 1. The Labute approximate surface area is 431 Å². The van der Waals surface area contributed by atoms with Crippen LogP contribution >= 0.6 is 0 Å². The zero-order chi connectivity index (χ0) is 53.4. The van der Waals surface area contributed by atoms with Gasteiger partial charge in [0.15, 0.2) is 11.5 Å². The molecule has 9 rings (SSSR count). The van der Waals surface area contributed by atoms with E-state index in [4.69, 9.17) is 14.6 Å². The van der Waals surface area contributed by atoms with Crippen molar-refractivity contribution < 1.29 is 66.4 Å². The molecular formula is C59H57F3N2O11. The van der Waals surface area contributed by atoms with Crippen LogP contribution in [0.15, 0.2) is 127 Å². The van der Waals surface area contributed by atoms with Gasteiger partial charge in [-0.05, 0) is 155 Å². The molecule has 0 bridgehead atoms. The van der Waals surface area contributed by atoms with Crippen LogP contribution in [0.1, 0.15) is 67.4 Å². The van der Waals surface area contributed by atoms with E-state index in [0.29, 0.717) is 56.1 Å². The summed E-state index contributed by atoms with van der Waals surface area (Å²) in [6.45, 7) is 4.99. The lowest BCUT2D eigenvalue weighted by Crippen LogP contribution is -2.48. The van der Waals surface area contributed by atoms with Crippen molar-refractivity contribution in [2.75, 3.05) is 39.5 Å². The lowest BCUT2D eigenvalue weighted by molar-refractivity contribution is -0.153. The zero-order valence-corrected chi connectivity index (χ0v) is 41.3. The predicted octanol–water partition coefficient (Wildman–Crippen LogP) is 9.17. The lowest BCUT2D eigenvalue weighted by atomic mass is 10.00. The van der Waals surface area contributed by atoms with Gasteiger partial charge in [0.25, 0.3) is 5.91 Å². The number of aliphatic carboxylic acids is 1. The number of esters is 1. The van der Waals surface area contributed by atoms with E-state index in [-0.39, 0.29) is 43.3 Å². The smallest absolute Gasteiger partial charge is 0.374 e. The summed E-state index contributed by atoms with van der Waals surface area (Å²) in [6, 6.07) is 34.6. The molecule has 2 atom stereocenters. The second-order valence-electron chi connectivity index (χ2n) is 18.2. The number of Topliss-reactive ketones (excluding diaryl/α,β-unsaturated/α-hetero) is 3. The van der Waals surface area contributed by atoms with Crippen molar-refractivity contribution in [3.05, 3.63) is 167 Å². The molecule has 13 nitrogen and oxygen atoms in total. The number of benzene rings is 7. The summed E-state index contributed by atoms with van der Waals surface area (Å²) in [6.07, 6.45) is 2.47. The Bertz CT molecular complexity index is 3210. The summed E-state index contributed by atoms with van der Waals surface area (Å²) in [5.74, 6) is -4.44. The molecule has 1 fully saturated rings. The summed E-state index contributed by atoms with van der Waals surface area (Å²) >= 11 is 0. The van der Waals surface area contributed by atoms with Crippen LogP contribution in [0.3, 0.4) is 0 Å². The number of nitrogens with zero attached hydrogens (tertiary/aromatic N) is 1. The van der Waals surface area contributed by atoms with Crippen LogP contribution in [0, 0.1) is 17.5 Å². The van der Waals surface area contributed by atoms with E-state index < -0.39 is 47.3 Å². The molecule has 0 aromatic heterocycles. The van der Waals surface area contributed by atoms with Gasteiger partial charge in [-0.2, -0.15) is 0 Å². The first kappa shape index (κ1) is 54.8. The summed E-state index contributed by atoms with van der Waals surface area (Å²) in [5.41, 5.74) is 3.28. The van der Waals surface area contributed by atoms with E-state index in [1.165, 1.54) is 36.4 Å². The molecule has 75 heavy (non-hydrogen) atoms. The van der Waals surface area contributed by atoms with Gasteiger partial charge < -0.3 is 34.6 Å². The largest absolute Gasteiger partial charge is 0.486 e. The van der Waals surface area contributed by atoms with Crippen molar-refractivity contribution in [1.82, 2.24) is 10.2 Å². The average Bonchev–Trinajstić information content (AvgIpc) is 3.94. The SMILES string of the molecule is CCOC(=O)C(=O)CCc1ccc2cc(F)ccc2c1.O=C(CCc1ccc2cc(F)ccc2c1)C(=O)N[C@H](CN1CCCC1)[C@H](O)c1ccc2c(c1)OCCO2.O=C(O)C(=O)CCc1ccc2cc(F)ccc2c1. The Kier molecular flexibility index (Phi) is 19.2. The number of nitrogens with one attached hydrogen (secondary N) is 1. The second-order valence-corrected chi connectivity index (χ2v) is 18.2. The van der Waals surface area contributed by atoms with Gasteiger partial charge in [-0.15, -0.1) is 0 Å². The first-order valence-electron chi connectivity index (χ1n) is 24.8. The highest BCUT2D eigenvalue weighted by atomic mass is 19.1. The minimum Gasteiger partial charge on any atom is -0.486 e. The van der Waals surface area contributed by atoms with Gasteiger partial charge in [-0.3, -0.25) is 19.2 Å². The predicted molar refractivity (Wildman–Crippen MR) is 276 cm³/mol. The van der Waals surface area contributed by atoms with E-state index in [0.717, 1.165) is 74.9 Å². The third kappa shape index (κ3) is 15.8. The maximum Gasteiger partial charge on any atom is 0.374 e. The number of aliphatic hydroxyl groups is 1. The van der Waals surface area contributed by atoms with Gasteiger partial charge in [-0.25, -0.2) is 22.8 Å². The van der Waals surface area contributed by atoms with Crippen molar-refractivity contribution in [2.24, 2.45) is 0 Å². The fourth-order valence-corrected chi connectivity index (χ4v) is 8.77. The van der Waals surface area contributed by atoms with Crippen molar-refractivity contribution >= 4 is 67.5 Å². The van der Waals surface area contributed by atoms with Crippen LogP contribution < -0.4 is 14.8 Å². The number of aryl methyl sites for hydroxylation is 3. The second kappa shape index (κ2) is 26.3. The molecule has 2 aliphatic rings. The van der Waals surface area contributed by atoms with Crippen LogP contribution in [0.4, 0.5) is 13.2 Å². The van der Waals surface area contributed by atoms with Gasteiger partial charge >= 0.3 is 11.9 Å². The van der Waals surface area contributed by atoms with E-state index in [9.17, 15) is 47.0 Å². The van der Waals surface area contributed by atoms with Crippen LogP contribution in [0.25, 0.3) is 32.3 Å². The molecule has 2 aliphatic heterocycles. The quantitative estimate of drug-likeness (QED) is 0.0548. The monoisotopic (exact) mass is 1030 g/mol. The number of ketones is 3. The third-order valence-corrected chi connectivity index (χ3v) is 12.8. The maximum absolute atomic E-state index is 13.4. The molecule has 7 aromatic rings. The highest BCUT2D eigenvalue weighted by Gasteiger charge is 2.30. The summed E-state index contributed by atoms with van der Waals surface area (Å²) in [4.78, 5) is 71.9.